The van der Waals surface area contributed by atoms with Crippen LogP contribution in [0.3, 0.4) is 0 Å². The van der Waals surface area contributed by atoms with E-state index in [1.54, 1.807) is 0 Å². The topological polar surface area (TPSA) is 73.9 Å². The summed E-state index contributed by atoms with van der Waals surface area (Å²) in [4.78, 5) is 0. The standard InChI is InChI=1S/C11H27NO4Si2/c1-17(2,3)15-9-8(7-12)14-11(13)10(9)16-18(4,5)6/h8-11,13H,7,12H2,1-6H3/t8-,9+,10-,11+/m1/s1. The summed E-state index contributed by atoms with van der Waals surface area (Å²) in [7, 11) is -3.51. The Balaban J connectivity index is 2.83. The number of aliphatic hydroxyl groups excluding tert-OH is 1. The van der Waals surface area contributed by atoms with Gasteiger partial charge >= 0.3 is 0 Å². The van der Waals surface area contributed by atoms with E-state index >= 15 is 0 Å². The molecule has 1 aliphatic heterocycles. The molecule has 0 aromatic carbocycles. The van der Waals surface area contributed by atoms with E-state index in [-0.39, 0.29) is 12.2 Å². The predicted octanol–water partition coefficient (Wildman–Crippen LogP) is 1.10. The Kier molecular flexibility index (Phi) is 5.16. The number of aliphatic hydroxyl groups is 1. The van der Waals surface area contributed by atoms with Gasteiger partial charge in [0.2, 0.25) is 0 Å². The third-order valence-electron chi connectivity index (χ3n) is 2.50. The Bertz CT molecular complexity index is 277. The summed E-state index contributed by atoms with van der Waals surface area (Å²) in [5, 5.41) is 9.98. The molecule has 108 valence electrons. The van der Waals surface area contributed by atoms with Crippen LogP contribution in [0.2, 0.25) is 39.3 Å². The molecule has 0 bridgehead atoms. The average Bonchev–Trinajstić information content (AvgIpc) is 2.41. The van der Waals surface area contributed by atoms with Gasteiger partial charge in [-0.05, 0) is 39.3 Å². The first-order valence-corrected chi connectivity index (χ1v) is 13.2. The Hall–Kier alpha value is 0.234. The van der Waals surface area contributed by atoms with E-state index in [0.717, 1.165) is 0 Å². The van der Waals surface area contributed by atoms with Crippen LogP contribution in [0, 0.1) is 0 Å². The number of rotatable bonds is 5. The second-order valence-corrected chi connectivity index (χ2v) is 15.6. The van der Waals surface area contributed by atoms with Gasteiger partial charge in [0.05, 0.1) is 0 Å². The molecule has 5 nitrogen and oxygen atoms in total. The second-order valence-electron chi connectivity index (χ2n) is 6.69. The van der Waals surface area contributed by atoms with Gasteiger partial charge in [0.25, 0.3) is 0 Å². The highest BCUT2D eigenvalue weighted by molar-refractivity contribution is 6.70. The lowest BCUT2D eigenvalue weighted by molar-refractivity contribution is -0.121. The summed E-state index contributed by atoms with van der Waals surface area (Å²) in [6.45, 7) is 12.9. The van der Waals surface area contributed by atoms with Gasteiger partial charge in [0.15, 0.2) is 22.9 Å². The molecule has 0 unspecified atom stereocenters. The molecule has 1 fully saturated rings. The van der Waals surface area contributed by atoms with Crippen molar-refractivity contribution in [2.75, 3.05) is 6.54 Å². The van der Waals surface area contributed by atoms with Gasteiger partial charge in [-0.25, -0.2) is 0 Å². The normalized spacial score (nSPS) is 34.0. The van der Waals surface area contributed by atoms with E-state index in [1.807, 2.05) is 0 Å². The molecular formula is C11H27NO4Si2. The van der Waals surface area contributed by atoms with Crippen LogP contribution < -0.4 is 5.73 Å². The fourth-order valence-electron chi connectivity index (χ4n) is 1.98. The number of hydrogen-bond acceptors (Lipinski definition) is 5. The summed E-state index contributed by atoms with van der Waals surface area (Å²) in [5.41, 5.74) is 5.69. The van der Waals surface area contributed by atoms with Gasteiger partial charge in [-0.1, -0.05) is 0 Å². The SMILES string of the molecule is C[Si](C)(C)O[C@@H]1[C@@H](O[Si](C)(C)C)[C@@H](CN)O[C@@H]1O. The van der Waals surface area contributed by atoms with Gasteiger partial charge in [-0.3, -0.25) is 0 Å². The number of nitrogens with two attached hydrogens (primary N) is 1. The molecule has 18 heavy (non-hydrogen) atoms. The van der Waals surface area contributed by atoms with E-state index in [1.165, 1.54) is 0 Å². The minimum atomic E-state index is -1.77. The van der Waals surface area contributed by atoms with Crippen molar-refractivity contribution in [2.45, 2.75) is 63.9 Å². The molecule has 0 aromatic heterocycles. The zero-order valence-electron chi connectivity index (χ0n) is 12.3. The van der Waals surface area contributed by atoms with Crippen molar-refractivity contribution in [3.63, 3.8) is 0 Å². The van der Waals surface area contributed by atoms with E-state index in [4.69, 9.17) is 19.3 Å². The van der Waals surface area contributed by atoms with E-state index in [2.05, 4.69) is 39.3 Å². The van der Waals surface area contributed by atoms with E-state index in [9.17, 15) is 5.11 Å². The first kappa shape index (κ1) is 16.3. The van der Waals surface area contributed by atoms with Crippen LogP contribution >= 0.6 is 0 Å². The summed E-state index contributed by atoms with van der Waals surface area (Å²) >= 11 is 0. The molecule has 0 spiro atoms. The minimum absolute atomic E-state index is 0.261. The summed E-state index contributed by atoms with van der Waals surface area (Å²) in [6, 6.07) is 0. The van der Waals surface area contributed by atoms with Crippen molar-refractivity contribution in [1.82, 2.24) is 0 Å². The monoisotopic (exact) mass is 293 g/mol. The summed E-state index contributed by atoms with van der Waals surface area (Å²) in [5.74, 6) is 0. The number of hydrogen-bond donors (Lipinski definition) is 2. The molecule has 0 amide bonds. The molecule has 1 rings (SSSR count). The van der Waals surface area contributed by atoms with Crippen molar-refractivity contribution >= 4 is 16.6 Å². The molecule has 0 radical (unpaired) electrons. The van der Waals surface area contributed by atoms with Crippen LogP contribution in [0.15, 0.2) is 0 Å². The fraction of sp³-hybridized carbons (Fsp3) is 1.00. The molecule has 0 aromatic rings. The smallest absolute Gasteiger partial charge is 0.184 e. The number of ether oxygens (including phenoxy) is 1. The highest BCUT2D eigenvalue weighted by Crippen LogP contribution is 2.29. The third-order valence-corrected chi connectivity index (χ3v) is 4.46. The maximum absolute atomic E-state index is 9.98. The molecule has 1 aliphatic rings. The largest absolute Gasteiger partial charge is 0.409 e. The highest BCUT2D eigenvalue weighted by Gasteiger charge is 2.47. The maximum atomic E-state index is 9.98. The molecule has 0 saturated carbocycles. The minimum Gasteiger partial charge on any atom is -0.409 e. The Morgan fingerprint density at radius 3 is 1.83 bits per heavy atom. The lowest BCUT2D eigenvalue weighted by Gasteiger charge is -2.33. The van der Waals surface area contributed by atoms with Gasteiger partial charge in [0.1, 0.15) is 18.3 Å². The quantitative estimate of drug-likeness (QED) is 0.743. The molecule has 0 aliphatic carbocycles. The Morgan fingerprint density at radius 2 is 1.44 bits per heavy atom. The van der Waals surface area contributed by atoms with Gasteiger partial charge in [-0.15, -0.1) is 0 Å². The third kappa shape index (κ3) is 4.73. The lowest BCUT2D eigenvalue weighted by Crippen LogP contribution is -2.49. The van der Waals surface area contributed by atoms with Crippen molar-refractivity contribution < 1.29 is 18.7 Å². The van der Waals surface area contributed by atoms with Crippen molar-refractivity contribution in [2.24, 2.45) is 5.73 Å². The van der Waals surface area contributed by atoms with Crippen molar-refractivity contribution in [3.8, 4) is 0 Å². The molecule has 1 heterocycles. The Labute approximate surface area is 112 Å². The zero-order valence-corrected chi connectivity index (χ0v) is 14.3. The maximum Gasteiger partial charge on any atom is 0.184 e. The van der Waals surface area contributed by atoms with Crippen LogP contribution in [-0.4, -0.2) is 52.9 Å². The van der Waals surface area contributed by atoms with E-state index in [0.29, 0.717) is 6.54 Å². The molecule has 4 atom stereocenters. The Morgan fingerprint density at radius 1 is 1.00 bits per heavy atom. The molecule has 1 saturated heterocycles. The predicted molar refractivity (Wildman–Crippen MR) is 76.4 cm³/mol. The average molecular weight is 294 g/mol. The van der Waals surface area contributed by atoms with Crippen LogP contribution in [0.1, 0.15) is 0 Å². The van der Waals surface area contributed by atoms with Crippen LogP contribution in [0.25, 0.3) is 0 Å². The first-order chi connectivity index (χ1) is 8.03. The molecule has 3 N–H and O–H groups in total. The highest BCUT2D eigenvalue weighted by atomic mass is 28.4. The summed E-state index contributed by atoms with van der Waals surface area (Å²) < 4.78 is 17.6. The fourth-order valence-corrected chi connectivity index (χ4v) is 4.15. The molecular weight excluding hydrogens is 266 g/mol. The van der Waals surface area contributed by atoms with Crippen LogP contribution in [-0.2, 0) is 13.6 Å². The van der Waals surface area contributed by atoms with Crippen molar-refractivity contribution in [1.29, 1.82) is 0 Å². The van der Waals surface area contributed by atoms with Gasteiger partial charge in [0, 0.05) is 6.54 Å². The van der Waals surface area contributed by atoms with Crippen LogP contribution in [0.4, 0.5) is 0 Å². The van der Waals surface area contributed by atoms with E-state index < -0.39 is 29.0 Å². The summed E-state index contributed by atoms with van der Waals surface area (Å²) in [6.07, 6.45) is -1.90. The first-order valence-electron chi connectivity index (χ1n) is 6.43. The van der Waals surface area contributed by atoms with Crippen molar-refractivity contribution in [3.05, 3.63) is 0 Å². The molecule has 7 heteroatoms. The van der Waals surface area contributed by atoms with Gasteiger partial charge < -0.3 is 24.4 Å². The van der Waals surface area contributed by atoms with Crippen LogP contribution in [0.5, 0.6) is 0 Å². The second kappa shape index (κ2) is 5.70. The lowest BCUT2D eigenvalue weighted by atomic mass is 10.1. The zero-order chi connectivity index (χ0) is 14.1. The van der Waals surface area contributed by atoms with Gasteiger partial charge in [-0.2, -0.15) is 0 Å².